The van der Waals surface area contributed by atoms with E-state index in [1.165, 1.54) is 0 Å². The molecule has 0 atom stereocenters. The van der Waals surface area contributed by atoms with Crippen molar-refractivity contribution in [3.05, 3.63) is 24.8 Å². The van der Waals surface area contributed by atoms with Gasteiger partial charge in [0.1, 0.15) is 6.33 Å². The van der Waals surface area contributed by atoms with Crippen LogP contribution in [0.2, 0.25) is 0 Å². The summed E-state index contributed by atoms with van der Waals surface area (Å²) < 4.78 is 1.75. The molecule has 0 aliphatic carbocycles. The second-order valence-electron chi connectivity index (χ2n) is 1.66. The van der Waals surface area contributed by atoms with E-state index in [9.17, 15) is 0 Å². The zero-order valence-corrected chi connectivity index (χ0v) is 8.60. The first-order valence-electron chi connectivity index (χ1n) is 4.57. The van der Waals surface area contributed by atoms with Crippen molar-refractivity contribution in [2.75, 3.05) is 0 Å². The standard InChI is InChI=1S/C5H4N4.2C2H6/c1-2-6-5-8-7-4-9(5)3-1;2*1-2/h1-4H;2*1-2H3. The van der Waals surface area contributed by atoms with E-state index in [2.05, 4.69) is 15.2 Å². The quantitative estimate of drug-likeness (QED) is 0.624. The van der Waals surface area contributed by atoms with E-state index in [0.29, 0.717) is 5.78 Å². The van der Waals surface area contributed by atoms with E-state index in [1.54, 1.807) is 16.9 Å². The molecular formula is C9H16N4. The largest absolute Gasteiger partial charge is 0.273 e. The van der Waals surface area contributed by atoms with Gasteiger partial charge in [-0.1, -0.05) is 27.7 Å². The van der Waals surface area contributed by atoms with Gasteiger partial charge in [-0.05, 0) is 6.07 Å². The van der Waals surface area contributed by atoms with Crippen molar-refractivity contribution in [3.63, 3.8) is 0 Å². The van der Waals surface area contributed by atoms with E-state index in [-0.39, 0.29) is 0 Å². The van der Waals surface area contributed by atoms with Gasteiger partial charge in [0.15, 0.2) is 0 Å². The highest BCUT2D eigenvalue weighted by atomic mass is 15.3. The topological polar surface area (TPSA) is 43.1 Å². The number of rotatable bonds is 0. The minimum Gasteiger partial charge on any atom is -0.273 e. The van der Waals surface area contributed by atoms with Gasteiger partial charge in [0, 0.05) is 12.4 Å². The maximum Gasteiger partial charge on any atom is 0.254 e. The molecule has 0 unspecified atom stereocenters. The molecule has 4 heteroatoms. The highest BCUT2D eigenvalue weighted by molar-refractivity contribution is 5.22. The Hall–Kier alpha value is -1.45. The Morgan fingerprint density at radius 3 is 2.46 bits per heavy atom. The Labute approximate surface area is 78.6 Å². The Bertz CT molecular complexity index is 286. The molecule has 0 spiro atoms. The molecule has 0 saturated carbocycles. The summed E-state index contributed by atoms with van der Waals surface area (Å²) in [4.78, 5) is 3.93. The fourth-order valence-corrected chi connectivity index (χ4v) is 0.675. The Balaban J connectivity index is 0.000000322. The molecular weight excluding hydrogens is 164 g/mol. The molecule has 72 valence electrons. The molecule has 13 heavy (non-hydrogen) atoms. The highest BCUT2D eigenvalue weighted by Crippen LogP contribution is 1.88. The lowest BCUT2D eigenvalue weighted by atomic mass is 10.7. The van der Waals surface area contributed by atoms with Gasteiger partial charge in [-0.2, -0.15) is 0 Å². The smallest absolute Gasteiger partial charge is 0.254 e. The van der Waals surface area contributed by atoms with Crippen molar-refractivity contribution < 1.29 is 0 Å². The third-order valence-corrected chi connectivity index (χ3v) is 1.08. The predicted octanol–water partition coefficient (Wildman–Crippen LogP) is 2.18. The van der Waals surface area contributed by atoms with Crippen LogP contribution in [0, 0.1) is 0 Å². The van der Waals surface area contributed by atoms with Gasteiger partial charge in [0.2, 0.25) is 0 Å². The normalized spacial score (nSPS) is 8.00. The molecule has 2 aromatic heterocycles. The van der Waals surface area contributed by atoms with Crippen molar-refractivity contribution in [1.82, 2.24) is 19.6 Å². The fourth-order valence-electron chi connectivity index (χ4n) is 0.675. The zero-order valence-electron chi connectivity index (χ0n) is 8.60. The van der Waals surface area contributed by atoms with Crippen LogP contribution < -0.4 is 0 Å². The molecule has 2 aromatic rings. The summed E-state index contributed by atoms with van der Waals surface area (Å²) in [6.45, 7) is 8.00. The molecule has 0 fully saturated rings. The molecule has 2 heterocycles. The minimum atomic E-state index is 0.637. The summed E-state index contributed by atoms with van der Waals surface area (Å²) in [5.41, 5.74) is 0. The average molecular weight is 180 g/mol. The van der Waals surface area contributed by atoms with E-state index < -0.39 is 0 Å². The van der Waals surface area contributed by atoms with Crippen LogP contribution in [0.15, 0.2) is 24.8 Å². The van der Waals surface area contributed by atoms with Gasteiger partial charge < -0.3 is 0 Å². The van der Waals surface area contributed by atoms with Crippen LogP contribution in [-0.2, 0) is 0 Å². The molecule has 0 saturated heterocycles. The third kappa shape index (κ3) is 3.19. The molecule has 0 aromatic carbocycles. The second kappa shape index (κ2) is 7.21. The molecule has 0 aliphatic rings. The lowest BCUT2D eigenvalue weighted by molar-refractivity contribution is 1.10. The van der Waals surface area contributed by atoms with Crippen LogP contribution >= 0.6 is 0 Å². The molecule has 2 rings (SSSR count). The number of hydrogen-bond acceptors (Lipinski definition) is 3. The predicted molar refractivity (Wildman–Crippen MR) is 53.5 cm³/mol. The summed E-state index contributed by atoms with van der Waals surface area (Å²) in [5.74, 6) is 0.637. The lowest BCUT2D eigenvalue weighted by Gasteiger charge is -1.83. The van der Waals surface area contributed by atoms with Gasteiger partial charge in [0.05, 0.1) is 0 Å². The van der Waals surface area contributed by atoms with Crippen LogP contribution in [0.1, 0.15) is 27.7 Å². The Morgan fingerprint density at radius 2 is 1.85 bits per heavy atom. The van der Waals surface area contributed by atoms with E-state index in [4.69, 9.17) is 0 Å². The van der Waals surface area contributed by atoms with Crippen molar-refractivity contribution in [1.29, 1.82) is 0 Å². The van der Waals surface area contributed by atoms with E-state index in [0.717, 1.165) is 0 Å². The van der Waals surface area contributed by atoms with Crippen LogP contribution in [0.5, 0.6) is 0 Å². The number of fused-ring (bicyclic) bond motifs is 1. The van der Waals surface area contributed by atoms with Crippen LogP contribution in [0.4, 0.5) is 0 Å². The number of hydrogen-bond donors (Lipinski definition) is 0. The molecule has 4 nitrogen and oxygen atoms in total. The lowest BCUT2D eigenvalue weighted by Crippen LogP contribution is -1.82. The molecule has 0 radical (unpaired) electrons. The Morgan fingerprint density at radius 1 is 1.15 bits per heavy atom. The first kappa shape index (κ1) is 11.6. The minimum absolute atomic E-state index is 0.637. The van der Waals surface area contributed by atoms with Crippen LogP contribution in [0.25, 0.3) is 5.78 Å². The van der Waals surface area contributed by atoms with Gasteiger partial charge >= 0.3 is 0 Å². The van der Waals surface area contributed by atoms with Crippen LogP contribution in [-0.4, -0.2) is 19.6 Å². The van der Waals surface area contributed by atoms with Crippen molar-refractivity contribution in [2.24, 2.45) is 0 Å². The Kier molecular flexibility index (Phi) is 6.41. The monoisotopic (exact) mass is 180 g/mol. The summed E-state index contributed by atoms with van der Waals surface area (Å²) in [6.07, 6.45) is 5.15. The maximum absolute atomic E-state index is 3.93. The highest BCUT2D eigenvalue weighted by Gasteiger charge is 1.88. The summed E-state index contributed by atoms with van der Waals surface area (Å²) in [5, 5.41) is 7.37. The average Bonchev–Trinajstić information content (AvgIpc) is 2.71. The third-order valence-electron chi connectivity index (χ3n) is 1.08. The maximum atomic E-state index is 3.93. The molecule has 0 amide bonds. The zero-order chi connectivity index (χ0) is 10.1. The van der Waals surface area contributed by atoms with Crippen molar-refractivity contribution >= 4 is 5.78 Å². The summed E-state index contributed by atoms with van der Waals surface area (Å²) in [7, 11) is 0. The SMILES string of the molecule is CC.CC.c1cnc2nncn2c1. The van der Waals surface area contributed by atoms with Crippen LogP contribution in [0.3, 0.4) is 0 Å². The second-order valence-corrected chi connectivity index (χ2v) is 1.66. The summed E-state index contributed by atoms with van der Waals surface area (Å²) >= 11 is 0. The van der Waals surface area contributed by atoms with E-state index >= 15 is 0 Å². The van der Waals surface area contributed by atoms with Gasteiger partial charge in [-0.25, -0.2) is 4.98 Å². The number of nitrogens with zero attached hydrogens (tertiary/aromatic N) is 4. The first-order valence-corrected chi connectivity index (χ1v) is 4.57. The summed E-state index contributed by atoms with van der Waals surface area (Å²) in [6, 6.07) is 1.83. The van der Waals surface area contributed by atoms with Gasteiger partial charge in [0.25, 0.3) is 5.78 Å². The molecule has 0 bridgehead atoms. The van der Waals surface area contributed by atoms with Crippen molar-refractivity contribution in [2.45, 2.75) is 27.7 Å². The fraction of sp³-hybridized carbons (Fsp3) is 0.444. The van der Waals surface area contributed by atoms with Crippen molar-refractivity contribution in [3.8, 4) is 0 Å². The molecule has 0 aliphatic heterocycles. The number of aromatic nitrogens is 4. The molecule has 0 N–H and O–H groups in total. The van der Waals surface area contributed by atoms with Gasteiger partial charge in [-0.3, -0.25) is 4.40 Å². The first-order chi connectivity index (χ1) is 6.47. The van der Waals surface area contributed by atoms with E-state index in [1.807, 2.05) is 40.0 Å². The van der Waals surface area contributed by atoms with Gasteiger partial charge in [-0.15, -0.1) is 10.2 Å².